The first-order valence-corrected chi connectivity index (χ1v) is 12.9. The van der Waals surface area contributed by atoms with Crippen LogP contribution in [0.4, 0.5) is 5.69 Å². The van der Waals surface area contributed by atoms with Gasteiger partial charge in [0.1, 0.15) is 17.2 Å². The fraction of sp³-hybridized carbons (Fsp3) is 0.121. The Morgan fingerprint density at radius 1 is 0.775 bits per heavy atom. The predicted octanol–water partition coefficient (Wildman–Crippen LogP) is 5.04. The number of phenols is 1. The van der Waals surface area contributed by atoms with Crippen molar-refractivity contribution in [2.75, 3.05) is 5.32 Å². The molecule has 0 fully saturated rings. The lowest BCUT2D eigenvalue weighted by Crippen LogP contribution is -2.30. The summed E-state index contributed by atoms with van der Waals surface area (Å²) in [4.78, 5) is 38.5. The van der Waals surface area contributed by atoms with E-state index in [1.165, 1.54) is 18.2 Å². The fourth-order valence-corrected chi connectivity index (χ4v) is 4.08. The molecule has 0 aromatic heterocycles. The quantitative estimate of drug-likeness (QED) is 0.201. The lowest BCUT2D eigenvalue weighted by molar-refractivity contribution is -0.118. The Kier molecular flexibility index (Phi) is 9.58. The van der Waals surface area contributed by atoms with Crippen molar-refractivity contribution in [3.63, 3.8) is 0 Å². The normalized spacial score (nSPS) is 11.1. The average molecular weight is 535 g/mol. The third kappa shape index (κ3) is 7.99. The Labute approximate surface area is 232 Å². The van der Waals surface area contributed by atoms with Gasteiger partial charge in [-0.25, -0.2) is 0 Å². The molecule has 4 N–H and O–H groups in total. The second-order valence-corrected chi connectivity index (χ2v) is 9.28. The van der Waals surface area contributed by atoms with Crippen molar-refractivity contribution in [1.82, 2.24) is 5.32 Å². The zero-order valence-corrected chi connectivity index (χ0v) is 21.8. The smallest absolute Gasteiger partial charge is 0.272 e. The van der Waals surface area contributed by atoms with E-state index in [1.807, 2.05) is 30.3 Å². The van der Waals surface area contributed by atoms with E-state index in [0.717, 1.165) is 11.1 Å². The van der Waals surface area contributed by atoms with Crippen LogP contribution in [0.15, 0.2) is 109 Å². The second-order valence-electron chi connectivity index (χ2n) is 9.28. The monoisotopic (exact) mass is 534 g/mol. The summed E-state index contributed by atoms with van der Waals surface area (Å²) in [7, 11) is 0. The number of Topliss-reactive ketones (excluding diaryl/α,β-unsaturated/α-hetero) is 1. The highest BCUT2D eigenvalue weighted by atomic mass is 16.3. The first-order valence-electron chi connectivity index (χ1n) is 12.9. The number of hydrogen-bond donors (Lipinski definition) is 4. The van der Waals surface area contributed by atoms with Gasteiger partial charge in [-0.05, 0) is 65.6 Å². The number of aromatic hydroxyl groups is 1. The summed E-state index contributed by atoms with van der Waals surface area (Å²) in [6.45, 7) is -0.382. The van der Waals surface area contributed by atoms with E-state index in [0.29, 0.717) is 36.1 Å². The van der Waals surface area contributed by atoms with E-state index < -0.39 is 11.8 Å². The lowest BCUT2D eigenvalue weighted by atomic mass is 10.0. The molecule has 0 radical (unpaired) electrons. The van der Waals surface area contributed by atoms with Gasteiger partial charge in [-0.1, -0.05) is 66.7 Å². The highest BCUT2D eigenvalue weighted by molar-refractivity contribution is 6.10. The van der Waals surface area contributed by atoms with Crippen LogP contribution in [0.3, 0.4) is 0 Å². The molecular weight excluding hydrogens is 504 g/mol. The topological polar surface area (TPSA) is 116 Å². The standard InChI is InChI=1S/C33H30N2O5/c36-22-27-19-25(14-18-31(27)38)21-30(35-32(39)26-9-5-2-6-10-26)33(40)34-28-15-11-24(12-16-28)20-29(37)17-13-23-7-3-1-4-8-23/h1-12,14-16,18-19,21,36,38H,13,17,20,22H2,(H,34,40)(H,35,39)/b30-21-. The van der Waals surface area contributed by atoms with Crippen LogP contribution in [-0.4, -0.2) is 27.8 Å². The molecule has 0 unspecified atom stereocenters. The number of hydrogen-bond acceptors (Lipinski definition) is 5. The minimum absolute atomic E-state index is 0.0244. The zero-order valence-electron chi connectivity index (χ0n) is 21.8. The molecule has 0 aliphatic heterocycles. The highest BCUT2D eigenvalue weighted by Crippen LogP contribution is 2.20. The van der Waals surface area contributed by atoms with Gasteiger partial charge in [-0.3, -0.25) is 14.4 Å². The molecule has 4 aromatic carbocycles. The molecule has 40 heavy (non-hydrogen) atoms. The molecule has 0 aliphatic carbocycles. The Morgan fingerprint density at radius 3 is 2.12 bits per heavy atom. The van der Waals surface area contributed by atoms with Gasteiger partial charge in [-0.15, -0.1) is 0 Å². The van der Waals surface area contributed by atoms with Gasteiger partial charge in [0, 0.05) is 29.7 Å². The summed E-state index contributed by atoms with van der Waals surface area (Å²) in [5.41, 5.74) is 3.60. The lowest BCUT2D eigenvalue weighted by Gasteiger charge is -2.12. The van der Waals surface area contributed by atoms with Crippen molar-refractivity contribution < 1.29 is 24.6 Å². The molecule has 0 atom stereocenters. The van der Waals surface area contributed by atoms with Gasteiger partial charge in [0.05, 0.1) is 6.61 Å². The van der Waals surface area contributed by atoms with E-state index in [1.54, 1.807) is 60.7 Å². The molecule has 0 heterocycles. The fourth-order valence-electron chi connectivity index (χ4n) is 4.08. The maximum absolute atomic E-state index is 13.2. The summed E-state index contributed by atoms with van der Waals surface area (Å²) < 4.78 is 0. The molecule has 4 aromatic rings. The molecule has 4 rings (SSSR count). The van der Waals surface area contributed by atoms with Crippen molar-refractivity contribution in [3.8, 4) is 5.75 Å². The summed E-state index contributed by atoms with van der Waals surface area (Å²) in [5, 5.41) is 24.8. The van der Waals surface area contributed by atoms with E-state index in [-0.39, 0.29) is 29.4 Å². The van der Waals surface area contributed by atoms with Gasteiger partial charge < -0.3 is 20.8 Å². The zero-order chi connectivity index (χ0) is 28.3. The number of amides is 2. The predicted molar refractivity (Wildman–Crippen MR) is 154 cm³/mol. The van der Waals surface area contributed by atoms with Crippen LogP contribution in [-0.2, 0) is 29.0 Å². The largest absolute Gasteiger partial charge is 0.508 e. The van der Waals surface area contributed by atoms with Crippen LogP contribution in [0.2, 0.25) is 0 Å². The minimum atomic E-state index is -0.561. The van der Waals surface area contributed by atoms with Crippen LogP contribution in [0, 0.1) is 0 Å². The highest BCUT2D eigenvalue weighted by Gasteiger charge is 2.16. The van der Waals surface area contributed by atoms with Crippen molar-refractivity contribution in [2.24, 2.45) is 0 Å². The maximum Gasteiger partial charge on any atom is 0.272 e. The molecule has 0 aliphatic rings. The molecule has 0 spiro atoms. The van der Waals surface area contributed by atoms with Gasteiger partial charge in [-0.2, -0.15) is 0 Å². The Morgan fingerprint density at radius 2 is 1.45 bits per heavy atom. The molecule has 7 nitrogen and oxygen atoms in total. The van der Waals surface area contributed by atoms with Crippen LogP contribution >= 0.6 is 0 Å². The van der Waals surface area contributed by atoms with Gasteiger partial charge in [0.25, 0.3) is 11.8 Å². The van der Waals surface area contributed by atoms with Crippen molar-refractivity contribution in [1.29, 1.82) is 0 Å². The van der Waals surface area contributed by atoms with Gasteiger partial charge in [0.2, 0.25) is 0 Å². The first kappa shape index (κ1) is 28.0. The number of benzene rings is 4. The Balaban J connectivity index is 1.45. The maximum atomic E-state index is 13.2. The van der Waals surface area contributed by atoms with Crippen molar-refractivity contribution in [2.45, 2.75) is 25.9 Å². The summed E-state index contributed by atoms with van der Waals surface area (Å²) in [6.07, 6.45) is 2.91. The van der Waals surface area contributed by atoms with E-state index in [2.05, 4.69) is 10.6 Å². The Bertz CT molecular complexity index is 1500. The minimum Gasteiger partial charge on any atom is -0.508 e. The SMILES string of the molecule is O=C(CCc1ccccc1)Cc1ccc(NC(=O)/C(=C/c2ccc(O)c(CO)c2)NC(=O)c2ccccc2)cc1. The number of rotatable bonds is 11. The number of aliphatic hydroxyl groups excluding tert-OH is 1. The van der Waals surface area contributed by atoms with Crippen molar-refractivity contribution >= 4 is 29.4 Å². The third-order valence-corrected chi connectivity index (χ3v) is 6.26. The van der Waals surface area contributed by atoms with Crippen molar-refractivity contribution in [3.05, 3.63) is 137 Å². The number of carbonyl (C=O) groups excluding carboxylic acids is 3. The van der Waals surface area contributed by atoms with Gasteiger partial charge >= 0.3 is 0 Å². The van der Waals surface area contributed by atoms with E-state index in [4.69, 9.17) is 0 Å². The third-order valence-electron chi connectivity index (χ3n) is 6.26. The van der Waals surface area contributed by atoms with E-state index >= 15 is 0 Å². The molecule has 0 bridgehead atoms. The first-order chi connectivity index (χ1) is 19.4. The number of carbonyl (C=O) groups is 3. The molecule has 0 saturated carbocycles. The summed E-state index contributed by atoms with van der Waals surface area (Å²) >= 11 is 0. The molecular formula is C33H30N2O5. The average Bonchev–Trinajstić information content (AvgIpc) is 2.98. The number of aliphatic hydroxyl groups is 1. The second kappa shape index (κ2) is 13.7. The van der Waals surface area contributed by atoms with Crippen LogP contribution < -0.4 is 10.6 Å². The molecule has 0 saturated heterocycles. The molecule has 2 amide bonds. The van der Waals surface area contributed by atoms with Crippen LogP contribution in [0.25, 0.3) is 6.08 Å². The van der Waals surface area contributed by atoms with E-state index in [9.17, 15) is 24.6 Å². The summed E-state index contributed by atoms with van der Waals surface area (Å²) in [6, 6.07) is 29.9. The van der Waals surface area contributed by atoms with Crippen LogP contribution in [0.1, 0.15) is 39.0 Å². The van der Waals surface area contributed by atoms with Crippen LogP contribution in [0.5, 0.6) is 5.75 Å². The molecule has 202 valence electrons. The number of anilines is 1. The Hall–Kier alpha value is -5.01. The summed E-state index contributed by atoms with van der Waals surface area (Å²) in [5.74, 6) is -0.967. The van der Waals surface area contributed by atoms with Gasteiger partial charge in [0.15, 0.2) is 0 Å². The number of aryl methyl sites for hydroxylation is 1. The number of ketones is 1. The number of nitrogens with one attached hydrogen (secondary N) is 2. The molecule has 7 heteroatoms.